The predicted molar refractivity (Wildman–Crippen MR) is 189 cm³/mol. The molecule has 4 aliphatic rings. The normalized spacial score (nSPS) is 24.9. The maximum absolute atomic E-state index is 14.2. The van der Waals surface area contributed by atoms with Crippen LogP contribution >= 0.6 is 0 Å². The molecule has 8 nitrogen and oxygen atoms in total. The summed E-state index contributed by atoms with van der Waals surface area (Å²) in [5, 5.41) is 10.3. The van der Waals surface area contributed by atoms with Crippen molar-refractivity contribution < 1.29 is 24.2 Å². The highest BCUT2D eigenvalue weighted by molar-refractivity contribution is 6.06. The topological polar surface area (TPSA) is 92.2 Å². The highest BCUT2D eigenvalue weighted by Gasteiger charge is 2.58. The summed E-state index contributed by atoms with van der Waals surface area (Å²) in [6, 6.07) is 20.3. The van der Waals surface area contributed by atoms with Gasteiger partial charge in [0.25, 0.3) is 0 Å². The molecule has 4 atom stereocenters. The molecule has 7 rings (SSSR count). The molecule has 2 aromatic carbocycles. The largest absolute Gasteiger partial charge is 0.507 e. The summed E-state index contributed by atoms with van der Waals surface area (Å²) in [5.41, 5.74) is 8.23. The van der Waals surface area contributed by atoms with Crippen LogP contribution in [0.3, 0.4) is 0 Å². The predicted octanol–water partition coefficient (Wildman–Crippen LogP) is 6.35. The van der Waals surface area contributed by atoms with Crippen molar-refractivity contribution in [3.05, 3.63) is 106 Å². The molecule has 3 aliphatic heterocycles. The van der Waals surface area contributed by atoms with Crippen LogP contribution in [-0.2, 0) is 25.6 Å². The number of phenols is 1. The van der Waals surface area contributed by atoms with Crippen molar-refractivity contribution in [2.75, 3.05) is 33.4 Å². The van der Waals surface area contributed by atoms with Gasteiger partial charge in [-0.05, 0) is 115 Å². The maximum Gasteiger partial charge on any atom is 0.234 e. The Morgan fingerprint density at radius 3 is 2.43 bits per heavy atom. The van der Waals surface area contributed by atoms with Crippen molar-refractivity contribution in [1.29, 1.82) is 0 Å². The number of aromatic hydroxyl groups is 1. The molecule has 49 heavy (non-hydrogen) atoms. The number of piperidine rings is 1. The van der Waals surface area contributed by atoms with E-state index >= 15 is 0 Å². The number of rotatable bonds is 10. The molecule has 8 heteroatoms. The van der Waals surface area contributed by atoms with Gasteiger partial charge >= 0.3 is 0 Å². The molecule has 0 saturated carbocycles. The van der Waals surface area contributed by atoms with Crippen LogP contribution in [0.15, 0.2) is 78.0 Å². The number of methoxy groups -OCH3 is 1. The van der Waals surface area contributed by atoms with Crippen LogP contribution in [-0.4, -0.2) is 77.3 Å². The third-order valence-electron chi connectivity index (χ3n) is 11.1. The highest BCUT2D eigenvalue weighted by atomic mass is 16.5. The molecule has 3 aromatic rings. The van der Waals surface area contributed by atoms with Gasteiger partial charge in [0.05, 0.1) is 36.8 Å². The van der Waals surface area contributed by atoms with Crippen molar-refractivity contribution in [2.24, 2.45) is 17.8 Å². The summed E-state index contributed by atoms with van der Waals surface area (Å²) < 4.78 is 12.2. The third-order valence-corrected chi connectivity index (χ3v) is 11.1. The van der Waals surface area contributed by atoms with Gasteiger partial charge in [-0.3, -0.25) is 24.4 Å². The molecule has 1 N–H and O–H groups in total. The molecular weight excluding hydrogens is 614 g/mol. The average molecular weight is 662 g/mol. The van der Waals surface area contributed by atoms with Gasteiger partial charge in [0, 0.05) is 44.9 Å². The summed E-state index contributed by atoms with van der Waals surface area (Å²) in [7, 11) is 1.69. The van der Waals surface area contributed by atoms with E-state index in [2.05, 4.69) is 40.2 Å². The Morgan fingerprint density at radius 1 is 1.00 bits per heavy atom. The van der Waals surface area contributed by atoms with Crippen molar-refractivity contribution >= 4 is 23.5 Å². The minimum atomic E-state index is -0.371. The van der Waals surface area contributed by atoms with Gasteiger partial charge in [-0.1, -0.05) is 36.4 Å². The zero-order valence-corrected chi connectivity index (χ0v) is 28.8. The van der Waals surface area contributed by atoms with Crippen LogP contribution in [0.5, 0.6) is 5.75 Å². The Bertz CT molecular complexity index is 1720. The molecule has 0 radical (unpaired) electrons. The number of carbonyl (C=O) groups excluding carboxylic acids is 2. The van der Waals surface area contributed by atoms with Gasteiger partial charge in [0.15, 0.2) is 0 Å². The fourth-order valence-corrected chi connectivity index (χ4v) is 8.73. The molecule has 1 aliphatic carbocycles. The Balaban J connectivity index is 1.08. The van der Waals surface area contributed by atoms with Crippen molar-refractivity contribution in [3.63, 3.8) is 0 Å². The first-order valence-electron chi connectivity index (χ1n) is 17.7. The van der Waals surface area contributed by atoms with Crippen molar-refractivity contribution in [2.45, 2.75) is 64.6 Å². The van der Waals surface area contributed by atoms with Gasteiger partial charge in [-0.2, -0.15) is 0 Å². The lowest BCUT2D eigenvalue weighted by Crippen LogP contribution is -2.47. The fraction of sp³-hybridized carbons (Fsp3) is 0.439. The van der Waals surface area contributed by atoms with E-state index in [-0.39, 0.29) is 41.7 Å². The van der Waals surface area contributed by atoms with Gasteiger partial charge in [0.1, 0.15) is 5.75 Å². The van der Waals surface area contributed by atoms with E-state index in [0.717, 1.165) is 72.4 Å². The van der Waals surface area contributed by atoms with Gasteiger partial charge in [-0.25, -0.2) is 0 Å². The molecule has 0 spiro atoms. The summed E-state index contributed by atoms with van der Waals surface area (Å²) in [6.07, 6.45) is 7.39. The fourth-order valence-electron chi connectivity index (χ4n) is 8.73. The van der Waals surface area contributed by atoms with E-state index in [1.807, 2.05) is 50.2 Å². The number of aromatic nitrogens is 1. The zero-order valence-electron chi connectivity index (χ0n) is 28.8. The first-order chi connectivity index (χ1) is 23.8. The quantitative estimate of drug-likeness (QED) is 0.200. The molecule has 3 fully saturated rings. The number of fused-ring (bicyclic) bond motifs is 3. The van der Waals surface area contributed by atoms with E-state index in [1.165, 1.54) is 11.1 Å². The van der Waals surface area contributed by atoms with E-state index in [1.54, 1.807) is 18.2 Å². The number of likely N-dealkylation sites (tertiary alicyclic amines) is 2. The Labute approximate surface area is 289 Å². The monoisotopic (exact) mass is 661 g/mol. The first-order valence-corrected chi connectivity index (χ1v) is 17.7. The van der Waals surface area contributed by atoms with Crippen LogP contribution in [0.4, 0.5) is 0 Å². The van der Waals surface area contributed by atoms with Gasteiger partial charge in [0.2, 0.25) is 11.8 Å². The van der Waals surface area contributed by atoms with Crippen LogP contribution in [0, 0.1) is 31.6 Å². The third kappa shape index (κ3) is 6.74. The molecule has 0 bridgehead atoms. The molecule has 4 heterocycles. The number of allylic oxidation sites excluding steroid dienone is 1. The summed E-state index contributed by atoms with van der Waals surface area (Å²) in [4.78, 5) is 37.0. The number of hydrogen-bond acceptors (Lipinski definition) is 7. The number of amides is 2. The molecule has 256 valence electrons. The number of aryl methyl sites for hydroxylation is 2. The number of benzene rings is 2. The first kappa shape index (κ1) is 33.4. The Kier molecular flexibility index (Phi) is 9.81. The lowest BCUT2D eigenvalue weighted by atomic mass is 9.69. The second-order valence-corrected chi connectivity index (χ2v) is 14.2. The summed E-state index contributed by atoms with van der Waals surface area (Å²) >= 11 is 0. The van der Waals surface area contributed by atoms with E-state index in [9.17, 15) is 14.7 Å². The minimum absolute atomic E-state index is 0.00697. The Hall–Kier alpha value is -4.11. The standard InChI is InChI=1S/C41H47N3O5/c1-26-19-29(20-27(2)39(26)45)21-30(35-11-7-8-16-42-35)12-13-36-37-31(24-48-3)22-33-38(34(37)25-49-36)41(47)44(40(33)46)32-14-17-43(18-15-32)23-28-9-5-4-6-10-28/h4-11,16,19-21,32-34,36,38,45H,12-15,17-18,22-25H2,1-3H3/b30-21-/t33-,34+,36-,38-/m1/s1. The average Bonchev–Trinajstić information content (AvgIpc) is 3.64. The van der Waals surface area contributed by atoms with Gasteiger partial charge < -0.3 is 14.6 Å². The number of phenolic OH excluding ortho intramolecular Hbond substituents is 1. The number of carbonyl (C=O) groups is 2. The zero-order chi connectivity index (χ0) is 34.1. The second kappa shape index (κ2) is 14.4. The van der Waals surface area contributed by atoms with Crippen LogP contribution < -0.4 is 0 Å². The number of ether oxygens (including phenoxy) is 2. The lowest BCUT2D eigenvalue weighted by molar-refractivity contribution is -0.144. The van der Waals surface area contributed by atoms with Crippen LogP contribution in [0.25, 0.3) is 11.6 Å². The summed E-state index contributed by atoms with van der Waals surface area (Å²) in [6.45, 7) is 7.33. The van der Waals surface area contributed by atoms with Crippen molar-refractivity contribution in [1.82, 2.24) is 14.8 Å². The van der Waals surface area contributed by atoms with E-state index < -0.39 is 0 Å². The van der Waals surface area contributed by atoms with E-state index in [0.29, 0.717) is 31.8 Å². The van der Waals surface area contributed by atoms with Crippen LogP contribution in [0.1, 0.15) is 60.1 Å². The van der Waals surface area contributed by atoms with E-state index in [4.69, 9.17) is 9.47 Å². The van der Waals surface area contributed by atoms with Crippen molar-refractivity contribution in [3.8, 4) is 5.75 Å². The number of imide groups is 1. The molecule has 3 saturated heterocycles. The number of nitrogens with zero attached hydrogens (tertiary/aromatic N) is 3. The molecule has 1 aromatic heterocycles. The molecule has 2 amide bonds. The number of hydrogen-bond donors (Lipinski definition) is 1. The van der Waals surface area contributed by atoms with Gasteiger partial charge in [-0.15, -0.1) is 0 Å². The highest BCUT2D eigenvalue weighted by Crippen LogP contribution is 2.51. The van der Waals surface area contributed by atoms with Crippen LogP contribution in [0.2, 0.25) is 0 Å². The summed E-state index contributed by atoms with van der Waals surface area (Å²) in [5.74, 6) is -0.523. The lowest BCUT2D eigenvalue weighted by Gasteiger charge is -2.36. The smallest absolute Gasteiger partial charge is 0.234 e. The minimum Gasteiger partial charge on any atom is -0.507 e. The maximum atomic E-state index is 14.2. The SMILES string of the molecule is COCC1=C2[C@@H](CC/C(=C/c3cc(C)c(O)c(C)c3)c3ccccn3)OC[C@@H]2[C@@H]2C(=O)N(C3CCN(Cc4ccccc4)CC3)C(=O)[C@@H]2C1. The number of pyridine rings is 1. The molecular formula is C41H47N3O5. The Morgan fingerprint density at radius 2 is 1.73 bits per heavy atom. The second-order valence-electron chi connectivity index (χ2n) is 14.2. The molecule has 0 unspecified atom stereocenters.